The van der Waals surface area contributed by atoms with Gasteiger partial charge in [-0.15, -0.1) is 0 Å². The van der Waals surface area contributed by atoms with Gasteiger partial charge in [-0.2, -0.15) is 5.10 Å². The highest BCUT2D eigenvalue weighted by Gasteiger charge is 2.30. The number of nitrogens with one attached hydrogen (secondary N) is 1. The molecule has 7 heteroatoms. The number of piperidine rings is 1. The van der Waals surface area contributed by atoms with Crippen molar-refractivity contribution in [1.29, 1.82) is 0 Å². The van der Waals surface area contributed by atoms with Crippen molar-refractivity contribution in [3.05, 3.63) is 55.4 Å². The van der Waals surface area contributed by atoms with Crippen LogP contribution < -0.4 is 10.2 Å². The number of carbonyl (C=O) groups excluding carboxylic acids is 1. The van der Waals surface area contributed by atoms with Crippen molar-refractivity contribution in [2.45, 2.75) is 18.9 Å². The van der Waals surface area contributed by atoms with E-state index in [0.717, 1.165) is 41.9 Å². The van der Waals surface area contributed by atoms with Crippen LogP contribution in [0.25, 0.3) is 11.1 Å². The Labute approximate surface area is 151 Å². The lowest BCUT2D eigenvalue weighted by atomic mass is 10.0. The molecule has 4 rings (SSSR count). The molecular weight excluding hydrogens is 328 g/mol. The van der Waals surface area contributed by atoms with E-state index in [1.165, 1.54) is 6.33 Å². The second-order valence-electron chi connectivity index (χ2n) is 6.41. The zero-order valence-corrected chi connectivity index (χ0v) is 14.5. The first kappa shape index (κ1) is 16.3. The molecule has 26 heavy (non-hydrogen) atoms. The first-order valence-electron chi connectivity index (χ1n) is 8.63. The average Bonchev–Trinajstić information content (AvgIpc) is 3.11. The summed E-state index contributed by atoms with van der Waals surface area (Å²) in [6.07, 6.45) is 10.5. The Morgan fingerprint density at radius 1 is 1.08 bits per heavy atom. The lowest BCUT2D eigenvalue weighted by Gasteiger charge is -2.32. The number of nitrogens with zero attached hydrogens (tertiary/aromatic N) is 5. The zero-order chi connectivity index (χ0) is 17.9. The Balaban J connectivity index is 1.47. The number of hydrogen-bond donors (Lipinski definition) is 1. The average molecular weight is 348 g/mol. The van der Waals surface area contributed by atoms with Crippen LogP contribution in [0.4, 0.5) is 11.4 Å². The van der Waals surface area contributed by atoms with Crippen molar-refractivity contribution in [3.63, 3.8) is 0 Å². The van der Waals surface area contributed by atoms with Gasteiger partial charge in [-0.3, -0.25) is 9.48 Å². The molecule has 0 spiro atoms. The first-order valence-corrected chi connectivity index (χ1v) is 8.63. The zero-order valence-electron chi connectivity index (χ0n) is 14.5. The molecule has 1 N–H and O–H groups in total. The number of anilines is 2. The first-order chi connectivity index (χ1) is 12.7. The minimum atomic E-state index is -0.227. The van der Waals surface area contributed by atoms with Gasteiger partial charge in [0.05, 0.1) is 11.9 Å². The number of hydrogen-bond acceptors (Lipinski definition) is 5. The number of rotatable bonds is 4. The van der Waals surface area contributed by atoms with Crippen LogP contribution >= 0.6 is 0 Å². The molecule has 1 aromatic carbocycles. The Morgan fingerprint density at radius 2 is 1.85 bits per heavy atom. The normalized spacial score (nSPS) is 17.3. The molecule has 0 saturated carbocycles. The summed E-state index contributed by atoms with van der Waals surface area (Å²) >= 11 is 0. The van der Waals surface area contributed by atoms with Crippen LogP contribution in [0.1, 0.15) is 12.8 Å². The summed E-state index contributed by atoms with van der Waals surface area (Å²) < 4.78 is 1.71. The summed E-state index contributed by atoms with van der Waals surface area (Å²) in [4.78, 5) is 22.7. The summed E-state index contributed by atoms with van der Waals surface area (Å²) in [5, 5.41) is 7.53. The molecule has 1 saturated heterocycles. The van der Waals surface area contributed by atoms with Crippen LogP contribution in [0.3, 0.4) is 0 Å². The fraction of sp³-hybridized carbons (Fsp3) is 0.263. The Morgan fingerprint density at radius 3 is 2.54 bits per heavy atom. The number of benzene rings is 1. The fourth-order valence-corrected chi connectivity index (χ4v) is 3.22. The molecule has 1 aliphatic heterocycles. The molecule has 2 aromatic heterocycles. The van der Waals surface area contributed by atoms with Crippen LogP contribution in [-0.4, -0.2) is 38.2 Å². The smallest absolute Gasteiger partial charge is 0.249 e. The molecule has 0 unspecified atom stereocenters. The highest BCUT2D eigenvalue weighted by molar-refractivity contribution is 5.99. The van der Waals surface area contributed by atoms with Gasteiger partial charge in [-0.25, -0.2) is 9.97 Å². The van der Waals surface area contributed by atoms with E-state index in [0.29, 0.717) is 0 Å². The van der Waals surface area contributed by atoms with E-state index in [1.54, 1.807) is 23.3 Å². The molecule has 132 valence electrons. The maximum atomic E-state index is 12.8. The SMILES string of the molecule is Cn1cc(N2CCC[C@H](Nc3ccc(-c4cncnc4)cc3)C2=O)cn1. The summed E-state index contributed by atoms with van der Waals surface area (Å²) in [5.41, 5.74) is 3.79. The van der Waals surface area contributed by atoms with Gasteiger partial charge >= 0.3 is 0 Å². The van der Waals surface area contributed by atoms with E-state index in [9.17, 15) is 4.79 Å². The molecule has 1 amide bonds. The van der Waals surface area contributed by atoms with Crippen LogP contribution in [0.5, 0.6) is 0 Å². The third kappa shape index (κ3) is 3.28. The van der Waals surface area contributed by atoms with E-state index < -0.39 is 0 Å². The lowest BCUT2D eigenvalue weighted by Crippen LogP contribution is -2.47. The van der Waals surface area contributed by atoms with Crippen LogP contribution in [0, 0.1) is 0 Å². The molecule has 3 aromatic rings. The van der Waals surface area contributed by atoms with Gasteiger partial charge in [0.2, 0.25) is 5.91 Å². The summed E-state index contributed by atoms with van der Waals surface area (Å²) in [6, 6.07) is 7.76. The predicted molar refractivity (Wildman–Crippen MR) is 99.7 cm³/mol. The molecule has 0 aliphatic carbocycles. The van der Waals surface area contributed by atoms with E-state index in [-0.39, 0.29) is 11.9 Å². The second kappa shape index (κ2) is 6.95. The van der Waals surface area contributed by atoms with Gasteiger partial charge in [-0.1, -0.05) is 12.1 Å². The molecule has 0 radical (unpaired) electrons. The van der Waals surface area contributed by atoms with E-state index in [2.05, 4.69) is 20.4 Å². The third-order valence-corrected chi connectivity index (χ3v) is 4.56. The van der Waals surface area contributed by atoms with E-state index in [4.69, 9.17) is 0 Å². The van der Waals surface area contributed by atoms with Crippen molar-refractivity contribution in [2.75, 3.05) is 16.8 Å². The van der Waals surface area contributed by atoms with E-state index in [1.807, 2.05) is 42.4 Å². The highest BCUT2D eigenvalue weighted by atomic mass is 16.2. The standard InChI is InChI=1S/C19H20N6O/c1-24-12-17(11-22-24)25-8-2-3-18(19(25)26)23-16-6-4-14(5-7-16)15-9-20-13-21-10-15/h4-7,9-13,18,23H,2-3,8H2,1H3/t18-/m0/s1. The van der Waals surface area contributed by atoms with Gasteiger partial charge < -0.3 is 10.2 Å². The Kier molecular flexibility index (Phi) is 4.35. The fourth-order valence-electron chi connectivity index (χ4n) is 3.22. The van der Waals surface area contributed by atoms with E-state index >= 15 is 0 Å². The maximum Gasteiger partial charge on any atom is 0.249 e. The minimum Gasteiger partial charge on any atom is -0.374 e. The van der Waals surface area contributed by atoms with Gasteiger partial charge in [0.25, 0.3) is 0 Å². The van der Waals surface area contributed by atoms with Gasteiger partial charge in [0.1, 0.15) is 12.4 Å². The van der Waals surface area contributed by atoms with Crippen molar-refractivity contribution in [3.8, 4) is 11.1 Å². The number of amides is 1. The summed E-state index contributed by atoms with van der Waals surface area (Å²) in [6.45, 7) is 0.732. The van der Waals surface area contributed by atoms with Crippen molar-refractivity contribution >= 4 is 17.3 Å². The Bertz CT molecular complexity index is 890. The van der Waals surface area contributed by atoms with Gasteiger partial charge in [0, 0.05) is 43.4 Å². The topological polar surface area (TPSA) is 75.9 Å². The molecule has 1 fully saturated rings. The number of carbonyl (C=O) groups is 1. The largest absolute Gasteiger partial charge is 0.374 e. The van der Waals surface area contributed by atoms with Crippen molar-refractivity contribution in [2.24, 2.45) is 7.05 Å². The number of aromatic nitrogens is 4. The van der Waals surface area contributed by atoms with Gasteiger partial charge in [-0.05, 0) is 30.5 Å². The number of aryl methyl sites for hydroxylation is 1. The van der Waals surface area contributed by atoms with Crippen LogP contribution in [-0.2, 0) is 11.8 Å². The summed E-state index contributed by atoms with van der Waals surface area (Å²) in [5.74, 6) is 0.0878. The van der Waals surface area contributed by atoms with Crippen LogP contribution in [0.2, 0.25) is 0 Å². The monoisotopic (exact) mass is 348 g/mol. The molecule has 3 heterocycles. The third-order valence-electron chi connectivity index (χ3n) is 4.56. The van der Waals surface area contributed by atoms with Crippen LogP contribution in [0.15, 0.2) is 55.4 Å². The molecule has 0 bridgehead atoms. The molecule has 1 aliphatic rings. The highest BCUT2D eigenvalue weighted by Crippen LogP contribution is 2.24. The summed E-state index contributed by atoms with van der Waals surface area (Å²) in [7, 11) is 1.85. The molecule has 7 nitrogen and oxygen atoms in total. The molecular formula is C19H20N6O. The quantitative estimate of drug-likeness (QED) is 0.784. The molecule has 1 atom stereocenters. The lowest BCUT2D eigenvalue weighted by molar-refractivity contribution is -0.120. The minimum absolute atomic E-state index is 0.0878. The van der Waals surface area contributed by atoms with Crippen molar-refractivity contribution in [1.82, 2.24) is 19.7 Å². The second-order valence-corrected chi connectivity index (χ2v) is 6.41. The Hall–Kier alpha value is -3.22. The predicted octanol–water partition coefficient (Wildman–Crippen LogP) is 2.48. The maximum absolute atomic E-state index is 12.8. The van der Waals surface area contributed by atoms with Gasteiger partial charge in [0.15, 0.2) is 0 Å². The van der Waals surface area contributed by atoms with Crippen molar-refractivity contribution < 1.29 is 4.79 Å².